The average molecular weight is 471 g/mol. The van der Waals surface area contributed by atoms with Gasteiger partial charge in [0.25, 0.3) is 11.7 Å². The predicted molar refractivity (Wildman–Crippen MR) is 129 cm³/mol. The lowest BCUT2D eigenvalue weighted by Crippen LogP contribution is -2.14. The summed E-state index contributed by atoms with van der Waals surface area (Å²) in [5.74, 6) is -0.809. The van der Waals surface area contributed by atoms with Gasteiger partial charge >= 0.3 is 0 Å². The summed E-state index contributed by atoms with van der Waals surface area (Å²) in [6, 6.07) is 6.14. The Kier molecular flexibility index (Phi) is 5.19. The van der Waals surface area contributed by atoms with Crippen LogP contribution in [0.5, 0.6) is 0 Å². The first-order valence-corrected chi connectivity index (χ1v) is 11.2. The number of primary amides is 1. The number of aryl methyl sites for hydroxylation is 2. The van der Waals surface area contributed by atoms with Gasteiger partial charge in [0.05, 0.1) is 42.0 Å². The number of tetrazole rings is 1. The summed E-state index contributed by atoms with van der Waals surface area (Å²) in [6.07, 6.45) is 7.60. The third-order valence-electron chi connectivity index (χ3n) is 5.91. The third-order valence-corrected chi connectivity index (χ3v) is 5.91. The highest BCUT2D eigenvalue weighted by molar-refractivity contribution is 5.88. The van der Waals surface area contributed by atoms with E-state index in [4.69, 9.17) is 10.7 Å². The maximum atomic E-state index is 11.3. The van der Waals surface area contributed by atoms with Crippen LogP contribution in [0.4, 0.5) is 0 Å². The molecule has 1 amide bonds. The van der Waals surface area contributed by atoms with Crippen LogP contribution in [0.3, 0.4) is 0 Å². The number of nitrogens with two attached hydrogens (primary N) is 1. The number of amides is 1. The topological polar surface area (TPSA) is 135 Å². The van der Waals surface area contributed by atoms with Crippen LogP contribution >= 0.6 is 0 Å². The summed E-state index contributed by atoms with van der Waals surface area (Å²) in [7, 11) is 1.88. The minimum Gasteiger partial charge on any atom is -0.363 e. The van der Waals surface area contributed by atoms with Crippen LogP contribution in [-0.4, -0.2) is 50.5 Å². The van der Waals surface area contributed by atoms with E-state index in [1.165, 1.54) is 4.80 Å². The van der Waals surface area contributed by atoms with Gasteiger partial charge < -0.3 is 5.73 Å². The van der Waals surface area contributed by atoms with Crippen molar-refractivity contribution in [1.29, 1.82) is 0 Å². The standard InChI is InChI=1S/C24H26N10O/c1-14-8-15(6-7-16(14)12-34-30-23(22(25)35)29-31-34)20-21-18(24(2,3)4)10-27-33(21)13-19(28-20)17-9-26-32(5)11-17/h6-11,13H,12H2,1-5H3,(H2,25,35). The van der Waals surface area contributed by atoms with E-state index in [1.807, 2.05) is 49.2 Å². The normalized spacial score (nSPS) is 11.9. The van der Waals surface area contributed by atoms with E-state index in [2.05, 4.69) is 52.4 Å². The minimum absolute atomic E-state index is 0.103. The SMILES string of the molecule is Cc1cc(-c2nc(-c3cnn(C)c3)cn3ncc(C(C)(C)C)c23)ccc1Cn1nnc(C(N)=O)n1. The molecule has 0 atom stereocenters. The van der Waals surface area contributed by atoms with Crippen LogP contribution in [0.1, 0.15) is 48.1 Å². The zero-order chi connectivity index (χ0) is 24.9. The maximum absolute atomic E-state index is 11.3. The molecule has 0 spiro atoms. The number of carbonyl (C=O) groups excluding carboxylic acids is 1. The highest BCUT2D eigenvalue weighted by Crippen LogP contribution is 2.34. The van der Waals surface area contributed by atoms with Crippen LogP contribution in [0.15, 0.2) is 43.0 Å². The minimum atomic E-state index is -0.706. The molecule has 0 bridgehead atoms. The quantitative estimate of drug-likeness (QED) is 0.417. The smallest absolute Gasteiger partial charge is 0.290 e. The lowest BCUT2D eigenvalue weighted by Gasteiger charge is -2.19. The van der Waals surface area contributed by atoms with Gasteiger partial charge in [0.15, 0.2) is 0 Å². The van der Waals surface area contributed by atoms with Gasteiger partial charge in [0.1, 0.15) is 0 Å². The molecule has 0 aliphatic rings. The van der Waals surface area contributed by atoms with Gasteiger partial charge in [-0.3, -0.25) is 9.48 Å². The first-order chi connectivity index (χ1) is 16.6. The maximum Gasteiger partial charge on any atom is 0.290 e. The lowest BCUT2D eigenvalue weighted by molar-refractivity contribution is 0.0990. The van der Waals surface area contributed by atoms with E-state index < -0.39 is 5.91 Å². The van der Waals surface area contributed by atoms with Crippen LogP contribution in [-0.2, 0) is 19.0 Å². The van der Waals surface area contributed by atoms with Crippen molar-refractivity contribution in [2.45, 2.75) is 39.7 Å². The second kappa shape index (κ2) is 8.12. The zero-order valence-electron chi connectivity index (χ0n) is 20.3. The van der Waals surface area contributed by atoms with Crippen LogP contribution < -0.4 is 5.73 Å². The van der Waals surface area contributed by atoms with Crippen molar-refractivity contribution >= 4 is 11.4 Å². The predicted octanol–water partition coefficient (Wildman–Crippen LogP) is 2.54. The fraction of sp³-hybridized carbons (Fsp3) is 0.292. The van der Waals surface area contributed by atoms with Gasteiger partial charge in [0.2, 0.25) is 0 Å². The van der Waals surface area contributed by atoms with Gasteiger partial charge in [-0.1, -0.05) is 32.9 Å². The van der Waals surface area contributed by atoms with Gasteiger partial charge in [-0.2, -0.15) is 15.0 Å². The Morgan fingerprint density at radius 1 is 1.09 bits per heavy atom. The first kappa shape index (κ1) is 22.4. The number of hydrogen-bond acceptors (Lipinski definition) is 7. The number of aromatic nitrogens is 9. The second-order valence-corrected chi connectivity index (χ2v) is 9.63. The van der Waals surface area contributed by atoms with E-state index in [0.717, 1.165) is 44.7 Å². The molecular formula is C24H26N10O. The molecule has 0 aliphatic carbocycles. The summed E-state index contributed by atoms with van der Waals surface area (Å²) in [4.78, 5) is 17.7. The molecule has 0 saturated carbocycles. The molecule has 0 radical (unpaired) electrons. The molecule has 2 N–H and O–H groups in total. The number of carbonyl (C=O) groups is 1. The first-order valence-electron chi connectivity index (χ1n) is 11.2. The molecule has 5 aromatic rings. The van der Waals surface area contributed by atoms with Gasteiger partial charge in [-0.15, -0.1) is 10.2 Å². The van der Waals surface area contributed by atoms with Crippen molar-refractivity contribution < 1.29 is 4.79 Å². The molecule has 0 fully saturated rings. The molecule has 1 aromatic carbocycles. The van der Waals surface area contributed by atoms with Crippen molar-refractivity contribution in [3.8, 4) is 22.5 Å². The van der Waals surface area contributed by atoms with Crippen molar-refractivity contribution in [2.75, 3.05) is 0 Å². The number of hydrogen-bond donors (Lipinski definition) is 1. The molecular weight excluding hydrogens is 444 g/mol. The summed E-state index contributed by atoms with van der Waals surface area (Å²) >= 11 is 0. The van der Waals surface area contributed by atoms with E-state index in [-0.39, 0.29) is 11.2 Å². The Morgan fingerprint density at radius 2 is 1.89 bits per heavy atom. The van der Waals surface area contributed by atoms with E-state index >= 15 is 0 Å². The molecule has 178 valence electrons. The van der Waals surface area contributed by atoms with Crippen molar-refractivity contribution in [3.63, 3.8) is 0 Å². The van der Waals surface area contributed by atoms with Gasteiger partial charge in [0, 0.05) is 29.9 Å². The highest BCUT2D eigenvalue weighted by Gasteiger charge is 2.24. The monoisotopic (exact) mass is 470 g/mol. The molecule has 5 rings (SSSR count). The van der Waals surface area contributed by atoms with Crippen molar-refractivity contribution in [1.82, 2.24) is 44.6 Å². The van der Waals surface area contributed by atoms with Crippen molar-refractivity contribution in [3.05, 3.63) is 65.5 Å². The van der Waals surface area contributed by atoms with Crippen molar-refractivity contribution in [2.24, 2.45) is 12.8 Å². The largest absolute Gasteiger partial charge is 0.363 e. The Hall–Kier alpha value is -4.41. The molecule has 0 unspecified atom stereocenters. The summed E-state index contributed by atoms with van der Waals surface area (Å²) in [5.41, 5.74) is 12.8. The van der Waals surface area contributed by atoms with Crippen LogP contribution in [0, 0.1) is 6.92 Å². The molecule has 11 nitrogen and oxygen atoms in total. The van der Waals surface area contributed by atoms with Crippen LogP contribution in [0.2, 0.25) is 0 Å². The van der Waals surface area contributed by atoms with E-state index in [1.54, 1.807) is 10.9 Å². The second-order valence-electron chi connectivity index (χ2n) is 9.63. The molecule has 4 aromatic heterocycles. The number of nitrogens with zero attached hydrogens (tertiary/aromatic N) is 9. The Bertz CT molecular complexity index is 1570. The Morgan fingerprint density at radius 3 is 2.51 bits per heavy atom. The van der Waals surface area contributed by atoms with Gasteiger partial charge in [-0.25, -0.2) is 9.50 Å². The Labute approximate surface area is 201 Å². The fourth-order valence-corrected chi connectivity index (χ4v) is 4.04. The third kappa shape index (κ3) is 4.16. The molecule has 0 saturated heterocycles. The molecule has 4 heterocycles. The highest BCUT2D eigenvalue weighted by atomic mass is 16.1. The van der Waals surface area contributed by atoms with E-state index in [9.17, 15) is 4.79 Å². The summed E-state index contributed by atoms with van der Waals surface area (Å²) < 4.78 is 3.66. The summed E-state index contributed by atoms with van der Waals surface area (Å²) in [5, 5.41) is 20.6. The molecule has 35 heavy (non-hydrogen) atoms. The molecule has 11 heteroatoms. The summed E-state index contributed by atoms with van der Waals surface area (Å²) in [6.45, 7) is 8.90. The zero-order valence-corrected chi connectivity index (χ0v) is 20.3. The van der Waals surface area contributed by atoms with E-state index in [0.29, 0.717) is 6.54 Å². The average Bonchev–Trinajstić information content (AvgIpc) is 3.53. The number of benzene rings is 1. The number of rotatable bonds is 5. The Balaban J connectivity index is 1.62. The number of fused-ring (bicyclic) bond motifs is 1. The molecule has 0 aliphatic heterocycles. The van der Waals surface area contributed by atoms with Crippen LogP contribution in [0.25, 0.3) is 28.0 Å². The fourth-order valence-electron chi connectivity index (χ4n) is 4.04. The lowest BCUT2D eigenvalue weighted by atomic mass is 9.87. The van der Waals surface area contributed by atoms with Gasteiger partial charge in [-0.05, 0) is 34.7 Å².